The number of hydrogen-bond acceptors (Lipinski definition) is 5. The van der Waals surface area contributed by atoms with Crippen LogP contribution in [0.5, 0.6) is 0 Å². The van der Waals surface area contributed by atoms with Crippen LogP contribution in [0, 0.1) is 6.92 Å². The Morgan fingerprint density at radius 3 is 2.16 bits per heavy atom. The van der Waals surface area contributed by atoms with Crippen molar-refractivity contribution in [2.24, 2.45) is 0 Å². The molecule has 2 aromatic carbocycles. The minimum Gasteiger partial charge on any atom is -0.465 e. The standard InChI is InChI=1S/C18H16BrNO5/c1-11-9-14(7-8-15(11)19)20-16(21)10-25-18(23)13-5-3-12(4-6-13)17(22)24-2/h3-9H,10H2,1-2H3,(H,20,21). The van der Waals surface area contributed by atoms with Crippen LogP contribution in [0.2, 0.25) is 0 Å². The van der Waals surface area contributed by atoms with E-state index in [1.54, 1.807) is 12.1 Å². The number of amides is 1. The van der Waals surface area contributed by atoms with Gasteiger partial charge in [0.05, 0.1) is 18.2 Å². The number of rotatable bonds is 5. The molecule has 0 aliphatic rings. The number of anilines is 1. The van der Waals surface area contributed by atoms with E-state index in [0.29, 0.717) is 11.3 Å². The smallest absolute Gasteiger partial charge is 0.338 e. The number of esters is 2. The van der Waals surface area contributed by atoms with E-state index in [4.69, 9.17) is 4.74 Å². The summed E-state index contributed by atoms with van der Waals surface area (Å²) in [6.45, 7) is 1.49. The summed E-state index contributed by atoms with van der Waals surface area (Å²) in [5, 5.41) is 2.65. The lowest BCUT2D eigenvalue weighted by atomic mass is 10.1. The number of nitrogens with one attached hydrogen (secondary N) is 1. The molecule has 0 bridgehead atoms. The van der Waals surface area contributed by atoms with Crippen LogP contribution in [0.4, 0.5) is 5.69 Å². The lowest BCUT2D eigenvalue weighted by Gasteiger charge is -2.08. The second-order valence-electron chi connectivity index (χ2n) is 5.16. The molecule has 6 nitrogen and oxygen atoms in total. The van der Waals surface area contributed by atoms with Gasteiger partial charge >= 0.3 is 11.9 Å². The molecule has 7 heteroatoms. The Morgan fingerprint density at radius 1 is 1.00 bits per heavy atom. The van der Waals surface area contributed by atoms with Crippen LogP contribution < -0.4 is 5.32 Å². The third-order valence-electron chi connectivity index (χ3n) is 3.32. The summed E-state index contributed by atoms with van der Waals surface area (Å²) in [7, 11) is 1.27. The maximum Gasteiger partial charge on any atom is 0.338 e. The summed E-state index contributed by atoms with van der Waals surface area (Å²) in [5.74, 6) is -1.59. The van der Waals surface area contributed by atoms with Crippen molar-refractivity contribution in [3.63, 3.8) is 0 Å². The van der Waals surface area contributed by atoms with Gasteiger partial charge in [-0.3, -0.25) is 4.79 Å². The first-order valence-corrected chi connectivity index (χ1v) is 8.11. The zero-order valence-electron chi connectivity index (χ0n) is 13.7. The minimum atomic E-state index is -0.654. The Labute approximate surface area is 153 Å². The van der Waals surface area contributed by atoms with E-state index in [9.17, 15) is 14.4 Å². The van der Waals surface area contributed by atoms with E-state index in [1.165, 1.54) is 31.4 Å². The van der Waals surface area contributed by atoms with E-state index in [1.807, 2.05) is 13.0 Å². The molecule has 0 aromatic heterocycles. The Hall–Kier alpha value is -2.67. The molecule has 0 radical (unpaired) electrons. The lowest BCUT2D eigenvalue weighted by molar-refractivity contribution is -0.119. The van der Waals surface area contributed by atoms with Gasteiger partial charge in [-0.05, 0) is 55.0 Å². The molecule has 130 valence electrons. The molecule has 0 aliphatic carbocycles. The second kappa shape index (κ2) is 8.43. The van der Waals surface area contributed by atoms with Crippen LogP contribution in [-0.4, -0.2) is 31.6 Å². The number of methoxy groups -OCH3 is 1. The Morgan fingerprint density at radius 2 is 1.60 bits per heavy atom. The SMILES string of the molecule is COC(=O)c1ccc(C(=O)OCC(=O)Nc2ccc(Br)c(C)c2)cc1. The minimum absolute atomic E-state index is 0.236. The maximum absolute atomic E-state index is 11.9. The van der Waals surface area contributed by atoms with Crippen molar-refractivity contribution in [1.82, 2.24) is 0 Å². The van der Waals surface area contributed by atoms with E-state index >= 15 is 0 Å². The molecule has 2 rings (SSSR count). The topological polar surface area (TPSA) is 81.7 Å². The number of aryl methyl sites for hydroxylation is 1. The number of benzene rings is 2. The predicted molar refractivity (Wildman–Crippen MR) is 95.6 cm³/mol. The van der Waals surface area contributed by atoms with E-state index in [0.717, 1.165) is 10.0 Å². The molecule has 0 spiro atoms. The molecule has 0 atom stereocenters. The number of halogens is 1. The van der Waals surface area contributed by atoms with Gasteiger partial charge in [0.1, 0.15) is 0 Å². The lowest BCUT2D eigenvalue weighted by Crippen LogP contribution is -2.21. The van der Waals surface area contributed by atoms with Crippen molar-refractivity contribution in [1.29, 1.82) is 0 Å². The highest BCUT2D eigenvalue weighted by Gasteiger charge is 2.12. The molecule has 0 saturated carbocycles. The predicted octanol–water partition coefficient (Wildman–Crippen LogP) is 3.34. The second-order valence-corrected chi connectivity index (χ2v) is 6.01. The quantitative estimate of drug-likeness (QED) is 0.771. The Balaban J connectivity index is 1.89. The summed E-state index contributed by atoms with van der Waals surface area (Å²) in [5.41, 5.74) is 2.15. The fraction of sp³-hybridized carbons (Fsp3) is 0.167. The zero-order chi connectivity index (χ0) is 18.4. The van der Waals surface area contributed by atoms with Crippen LogP contribution in [0.1, 0.15) is 26.3 Å². The van der Waals surface area contributed by atoms with Gasteiger partial charge in [0.15, 0.2) is 6.61 Å². The summed E-state index contributed by atoms with van der Waals surface area (Å²) in [6, 6.07) is 11.1. The van der Waals surface area contributed by atoms with Gasteiger partial charge < -0.3 is 14.8 Å². The average molecular weight is 406 g/mol. The summed E-state index contributed by atoms with van der Waals surface area (Å²) in [6.07, 6.45) is 0. The van der Waals surface area contributed by atoms with Gasteiger partial charge in [0, 0.05) is 10.2 Å². The van der Waals surface area contributed by atoms with Crippen LogP contribution in [-0.2, 0) is 14.3 Å². The largest absolute Gasteiger partial charge is 0.465 e. The number of hydrogen-bond donors (Lipinski definition) is 1. The number of carbonyl (C=O) groups is 3. The molecule has 1 amide bonds. The zero-order valence-corrected chi connectivity index (χ0v) is 15.3. The van der Waals surface area contributed by atoms with Crippen LogP contribution in [0.3, 0.4) is 0 Å². The van der Waals surface area contributed by atoms with Crippen LogP contribution in [0.15, 0.2) is 46.9 Å². The Bertz CT molecular complexity index is 802. The van der Waals surface area contributed by atoms with Crippen molar-refractivity contribution in [2.45, 2.75) is 6.92 Å². The monoisotopic (exact) mass is 405 g/mol. The summed E-state index contributed by atoms with van der Waals surface area (Å²) >= 11 is 3.38. The van der Waals surface area contributed by atoms with Gasteiger partial charge in [-0.25, -0.2) is 9.59 Å². The third-order valence-corrected chi connectivity index (χ3v) is 4.21. The number of carbonyl (C=O) groups excluding carboxylic acids is 3. The first-order chi connectivity index (χ1) is 11.9. The molecule has 2 aromatic rings. The molecule has 1 N–H and O–H groups in total. The van der Waals surface area contributed by atoms with E-state index < -0.39 is 24.5 Å². The summed E-state index contributed by atoms with van der Waals surface area (Å²) in [4.78, 5) is 35.1. The highest BCUT2D eigenvalue weighted by molar-refractivity contribution is 9.10. The van der Waals surface area contributed by atoms with E-state index in [-0.39, 0.29) is 5.56 Å². The van der Waals surface area contributed by atoms with Crippen molar-refractivity contribution in [3.8, 4) is 0 Å². The van der Waals surface area contributed by atoms with E-state index in [2.05, 4.69) is 26.0 Å². The molecular weight excluding hydrogens is 390 g/mol. The molecular formula is C18H16BrNO5. The summed E-state index contributed by atoms with van der Waals surface area (Å²) < 4.78 is 10.5. The van der Waals surface area contributed by atoms with Gasteiger partial charge in [-0.15, -0.1) is 0 Å². The molecule has 0 fully saturated rings. The van der Waals surface area contributed by atoms with Gasteiger partial charge in [-0.2, -0.15) is 0 Å². The van der Waals surface area contributed by atoms with Crippen LogP contribution in [0.25, 0.3) is 0 Å². The fourth-order valence-corrected chi connectivity index (χ4v) is 2.24. The van der Waals surface area contributed by atoms with Crippen LogP contribution >= 0.6 is 15.9 Å². The van der Waals surface area contributed by atoms with Gasteiger partial charge in [-0.1, -0.05) is 15.9 Å². The fourth-order valence-electron chi connectivity index (χ4n) is 1.99. The normalized spacial score (nSPS) is 10.0. The van der Waals surface area contributed by atoms with Gasteiger partial charge in [0.2, 0.25) is 0 Å². The van der Waals surface area contributed by atoms with Crippen molar-refractivity contribution in [3.05, 3.63) is 63.6 Å². The molecule has 0 saturated heterocycles. The van der Waals surface area contributed by atoms with Crippen molar-refractivity contribution in [2.75, 3.05) is 19.0 Å². The molecule has 0 aliphatic heterocycles. The van der Waals surface area contributed by atoms with Gasteiger partial charge in [0.25, 0.3) is 5.91 Å². The van der Waals surface area contributed by atoms with Crippen molar-refractivity contribution >= 4 is 39.5 Å². The highest BCUT2D eigenvalue weighted by Crippen LogP contribution is 2.19. The molecule has 25 heavy (non-hydrogen) atoms. The Kier molecular flexibility index (Phi) is 6.30. The number of ether oxygens (including phenoxy) is 2. The maximum atomic E-state index is 11.9. The average Bonchev–Trinajstić information content (AvgIpc) is 2.62. The molecule has 0 unspecified atom stereocenters. The van der Waals surface area contributed by atoms with Crippen molar-refractivity contribution < 1.29 is 23.9 Å². The highest BCUT2D eigenvalue weighted by atomic mass is 79.9. The molecule has 0 heterocycles. The first kappa shape index (κ1) is 18.7. The third kappa shape index (κ3) is 5.15. The first-order valence-electron chi connectivity index (χ1n) is 7.32.